The standard InChI is InChI=1S/C21H30O4/c1-3-4-5-6-11-16-12-9-10-15-21(16,2)25-20(24)18-14-8-7-13-17(18)19(22)23/h7-8,13-14,16H,3-6,9-12,15H2,1-2H3,(H,22,23). The largest absolute Gasteiger partial charge is 0.478 e. The summed E-state index contributed by atoms with van der Waals surface area (Å²) in [6, 6.07) is 6.28. The molecule has 1 aliphatic rings. The number of hydrogen-bond acceptors (Lipinski definition) is 3. The van der Waals surface area contributed by atoms with Crippen LogP contribution in [0.15, 0.2) is 24.3 Å². The average Bonchev–Trinajstić information content (AvgIpc) is 2.60. The second-order valence-electron chi connectivity index (χ2n) is 7.34. The Labute approximate surface area is 150 Å². The quantitative estimate of drug-likeness (QED) is 0.501. The van der Waals surface area contributed by atoms with Gasteiger partial charge in [-0.2, -0.15) is 0 Å². The van der Waals surface area contributed by atoms with Crippen LogP contribution in [0.4, 0.5) is 0 Å². The number of ether oxygens (including phenoxy) is 1. The minimum absolute atomic E-state index is 0.00593. The van der Waals surface area contributed by atoms with E-state index in [-0.39, 0.29) is 11.1 Å². The number of unbranched alkanes of at least 4 members (excludes halogenated alkanes) is 3. The summed E-state index contributed by atoms with van der Waals surface area (Å²) in [4.78, 5) is 24.0. The summed E-state index contributed by atoms with van der Waals surface area (Å²) in [6.45, 7) is 4.23. The molecule has 4 nitrogen and oxygen atoms in total. The van der Waals surface area contributed by atoms with Crippen molar-refractivity contribution in [2.45, 2.75) is 77.2 Å². The third-order valence-electron chi connectivity index (χ3n) is 5.45. The van der Waals surface area contributed by atoms with Gasteiger partial charge in [0.15, 0.2) is 0 Å². The maximum atomic E-state index is 12.7. The number of carbonyl (C=O) groups excluding carboxylic acids is 1. The minimum Gasteiger partial charge on any atom is -0.478 e. The molecule has 2 atom stereocenters. The van der Waals surface area contributed by atoms with Gasteiger partial charge in [-0.1, -0.05) is 51.2 Å². The lowest BCUT2D eigenvalue weighted by atomic mass is 9.74. The molecule has 0 aromatic heterocycles. The molecule has 2 unspecified atom stereocenters. The molecule has 1 saturated carbocycles. The maximum absolute atomic E-state index is 12.7. The van der Waals surface area contributed by atoms with Gasteiger partial charge in [-0.3, -0.25) is 0 Å². The van der Waals surface area contributed by atoms with E-state index < -0.39 is 17.5 Å². The Morgan fingerprint density at radius 3 is 2.56 bits per heavy atom. The van der Waals surface area contributed by atoms with E-state index in [1.807, 2.05) is 6.92 Å². The highest BCUT2D eigenvalue weighted by molar-refractivity contribution is 6.02. The van der Waals surface area contributed by atoms with E-state index in [4.69, 9.17) is 4.74 Å². The van der Waals surface area contributed by atoms with Gasteiger partial charge in [0.05, 0.1) is 11.1 Å². The highest BCUT2D eigenvalue weighted by atomic mass is 16.6. The number of carboxylic acid groups (broad SMARTS) is 1. The number of carboxylic acids is 1. The molecule has 0 amide bonds. The van der Waals surface area contributed by atoms with Crippen LogP contribution in [0.5, 0.6) is 0 Å². The fraction of sp³-hybridized carbons (Fsp3) is 0.619. The molecule has 1 N–H and O–H groups in total. The molecule has 2 rings (SSSR count). The Morgan fingerprint density at radius 2 is 1.88 bits per heavy atom. The average molecular weight is 346 g/mol. The summed E-state index contributed by atoms with van der Waals surface area (Å²) in [5, 5.41) is 9.30. The molecule has 0 spiro atoms. The Morgan fingerprint density at radius 1 is 1.16 bits per heavy atom. The van der Waals surface area contributed by atoms with Crippen LogP contribution in [0.2, 0.25) is 0 Å². The highest BCUT2D eigenvalue weighted by Gasteiger charge is 2.40. The number of benzene rings is 1. The van der Waals surface area contributed by atoms with E-state index in [0.29, 0.717) is 5.92 Å². The third-order valence-corrected chi connectivity index (χ3v) is 5.45. The van der Waals surface area contributed by atoms with Gasteiger partial charge in [0.2, 0.25) is 0 Å². The number of esters is 1. The van der Waals surface area contributed by atoms with Crippen LogP contribution in [0.25, 0.3) is 0 Å². The van der Waals surface area contributed by atoms with Gasteiger partial charge in [0.25, 0.3) is 0 Å². The monoisotopic (exact) mass is 346 g/mol. The molecule has 25 heavy (non-hydrogen) atoms. The fourth-order valence-corrected chi connectivity index (χ4v) is 3.89. The summed E-state index contributed by atoms with van der Waals surface area (Å²) in [7, 11) is 0. The van der Waals surface area contributed by atoms with E-state index in [2.05, 4.69) is 6.92 Å². The molecule has 0 radical (unpaired) electrons. The zero-order chi connectivity index (χ0) is 18.3. The lowest BCUT2D eigenvalue weighted by molar-refractivity contribution is -0.0628. The molecule has 0 bridgehead atoms. The van der Waals surface area contributed by atoms with Crippen molar-refractivity contribution in [1.82, 2.24) is 0 Å². The van der Waals surface area contributed by atoms with Gasteiger partial charge >= 0.3 is 11.9 Å². The molecule has 0 aliphatic heterocycles. The van der Waals surface area contributed by atoms with E-state index in [1.165, 1.54) is 37.8 Å². The Kier molecular flexibility index (Phi) is 7.03. The Hall–Kier alpha value is -1.84. The Balaban J connectivity index is 2.09. The zero-order valence-corrected chi connectivity index (χ0v) is 15.4. The lowest BCUT2D eigenvalue weighted by Crippen LogP contribution is -2.42. The van der Waals surface area contributed by atoms with Gasteiger partial charge in [0, 0.05) is 0 Å². The topological polar surface area (TPSA) is 63.6 Å². The van der Waals surface area contributed by atoms with Crippen molar-refractivity contribution in [3.8, 4) is 0 Å². The third kappa shape index (κ3) is 5.07. The van der Waals surface area contributed by atoms with Gasteiger partial charge in [0.1, 0.15) is 5.60 Å². The Bertz CT molecular complexity index is 595. The summed E-state index contributed by atoms with van der Waals surface area (Å²) in [6.07, 6.45) is 10.1. The van der Waals surface area contributed by atoms with Gasteiger partial charge in [-0.05, 0) is 50.7 Å². The summed E-state index contributed by atoms with van der Waals surface area (Å²) in [5.41, 5.74) is -0.342. The molecule has 0 saturated heterocycles. The molecular formula is C21H30O4. The summed E-state index contributed by atoms with van der Waals surface area (Å²) >= 11 is 0. The summed E-state index contributed by atoms with van der Waals surface area (Å²) in [5.74, 6) is -1.25. The summed E-state index contributed by atoms with van der Waals surface area (Å²) < 4.78 is 5.92. The number of carbonyl (C=O) groups is 2. The van der Waals surface area contributed by atoms with Crippen molar-refractivity contribution >= 4 is 11.9 Å². The van der Waals surface area contributed by atoms with Crippen molar-refractivity contribution in [1.29, 1.82) is 0 Å². The maximum Gasteiger partial charge on any atom is 0.339 e. The van der Waals surface area contributed by atoms with Crippen LogP contribution in [0.1, 0.15) is 92.4 Å². The smallest absolute Gasteiger partial charge is 0.339 e. The first kappa shape index (κ1) is 19.5. The first-order valence-corrected chi connectivity index (χ1v) is 9.53. The van der Waals surface area contributed by atoms with Crippen molar-refractivity contribution in [3.05, 3.63) is 35.4 Å². The molecule has 0 heterocycles. The van der Waals surface area contributed by atoms with E-state index in [1.54, 1.807) is 12.1 Å². The second kappa shape index (κ2) is 9.02. The van der Waals surface area contributed by atoms with Crippen LogP contribution in [-0.4, -0.2) is 22.6 Å². The molecule has 1 fully saturated rings. The van der Waals surface area contributed by atoms with Crippen molar-refractivity contribution in [3.63, 3.8) is 0 Å². The predicted octanol–water partition coefficient (Wildman–Crippen LogP) is 5.46. The lowest BCUT2D eigenvalue weighted by Gasteiger charge is -2.41. The van der Waals surface area contributed by atoms with E-state index in [0.717, 1.165) is 32.1 Å². The fourth-order valence-electron chi connectivity index (χ4n) is 3.89. The number of hydrogen-bond donors (Lipinski definition) is 1. The molecule has 1 aromatic rings. The first-order chi connectivity index (χ1) is 12.0. The van der Waals surface area contributed by atoms with Crippen LogP contribution in [0.3, 0.4) is 0 Å². The number of rotatable bonds is 8. The van der Waals surface area contributed by atoms with Crippen molar-refractivity contribution in [2.24, 2.45) is 5.92 Å². The van der Waals surface area contributed by atoms with E-state index in [9.17, 15) is 14.7 Å². The normalized spacial score (nSPS) is 23.2. The van der Waals surface area contributed by atoms with Crippen LogP contribution in [0, 0.1) is 5.92 Å². The number of aromatic carboxylic acids is 1. The molecular weight excluding hydrogens is 316 g/mol. The van der Waals surface area contributed by atoms with Crippen molar-refractivity contribution in [2.75, 3.05) is 0 Å². The molecule has 4 heteroatoms. The van der Waals surface area contributed by atoms with Gasteiger partial charge in [-0.25, -0.2) is 9.59 Å². The zero-order valence-electron chi connectivity index (χ0n) is 15.4. The first-order valence-electron chi connectivity index (χ1n) is 9.53. The van der Waals surface area contributed by atoms with Gasteiger partial charge in [-0.15, -0.1) is 0 Å². The predicted molar refractivity (Wildman–Crippen MR) is 97.9 cm³/mol. The highest BCUT2D eigenvalue weighted by Crippen LogP contribution is 2.40. The SMILES string of the molecule is CCCCCCC1CCCCC1(C)OC(=O)c1ccccc1C(=O)O. The van der Waals surface area contributed by atoms with Crippen LogP contribution >= 0.6 is 0 Å². The van der Waals surface area contributed by atoms with Crippen LogP contribution in [-0.2, 0) is 4.74 Å². The molecule has 138 valence electrons. The van der Waals surface area contributed by atoms with E-state index >= 15 is 0 Å². The second-order valence-corrected chi connectivity index (χ2v) is 7.34. The van der Waals surface area contributed by atoms with Crippen molar-refractivity contribution < 1.29 is 19.4 Å². The van der Waals surface area contributed by atoms with Gasteiger partial charge < -0.3 is 9.84 Å². The molecule has 1 aromatic carbocycles. The minimum atomic E-state index is -1.10. The molecule has 1 aliphatic carbocycles. The van der Waals surface area contributed by atoms with Crippen LogP contribution < -0.4 is 0 Å².